The topological polar surface area (TPSA) is 6.48 Å². The van der Waals surface area contributed by atoms with E-state index in [9.17, 15) is 0 Å². The maximum Gasteiger partial charge on any atom is 0.0890 e. The third kappa shape index (κ3) is 3.62. The number of hydrogen-bond acceptors (Lipinski definition) is 2. The van der Waals surface area contributed by atoms with Crippen LogP contribution < -0.4 is 0 Å². The summed E-state index contributed by atoms with van der Waals surface area (Å²) in [7, 11) is 2.10. The Morgan fingerprint density at radius 3 is 2.55 bits per heavy atom. The van der Waals surface area contributed by atoms with Crippen LogP contribution in [-0.2, 0) is 0 Å². The highest BCUT2D eigenvalue weighted by Crippen LogP contribution is 2.04. The first-order chi connectivity index (χ1) is 4.83. The lowest BCUT2D eigenvalue weighted by Crippen LogP contribution is -2.23. The normalized spacial score (nSPS) is 15.5. The van der Waals surface area contributed by atoms with Gasteiger partial charge in [0.1, 0.15) is 0 Å². The summed E-state index contributed by atoms with van der Waals surface area (Å²) in [6.07, 6.45) is 6.87. The zero-order chi connectivity index (χ0) is 7.40. The standard InChI is InChI=1S/C8H16N2.H3P/c1-3-4-5-10-7-6-9(2)8-10;/h6-7H,3-5,8H2,1-2H3;1H3. The van der Waals surface area contributed by atoms with Crippen molar-refractivity contribution in [3.8, 4) is 0 Å². The molecule has 66 valence electrons. The van der Waals surface area contributed by atoms with Gasteiger partial charge >= 0.3 is 0 Å². The Hall–Kier alpha value is -0.230. The minimum Gasteiger partial charge on any atom is -0.362 e. The van der Waals surface area contributed by atoms with Crippen molar-refractivity contribution >= 4 is 9.90 Å². The van der Waals surface area contributed by atoms with Gasteiger partial charge in [-0.3, -0.25) is 0 Å². The fourth-order valence-corrected chi connectivity index (χ4v) is 1.10. The predicted octanol–water partition coefficient (Wildman–Crippen LogP) is 1.52. The summed E-state index contributed by atoms with van der Waals surface area (Å²) in [5, 5.41) is 0. The van der Waals surface area contributed by atoms with Crippen LogP contribution in [0.3, 0.4) is 0 Å². The Morgan fingerprint density at radius 1 is 1.36 bits per heavy atom. The van der Waals surface area contributed by atoms with E-state index in [1.165, 1.54) is 19.4 Å². The zero-order valence-electron chi connectivity index (χ0n) is 7.58. The number of unbranched alkanes of at least 4 members (excludes halogenated alkanes) is 1. The van der Waals surface area contributed by atoms with Crippen LogP contribution in [0.15, 0.2) is 12.4 Å². The van der Waals surface area contributed by atoms with E-state index in [1.54, 1.807) is 0 Å². The maximum absolute atomic E-state index is 2.34. The molecule has 0 saturated heterocycles. The largest absolute Gasteiger partial charge is 0.362 e. The molecule has 1 aliphatic rings. The van der Waals surface area contributed by atoms with Gasteiger partial charge in [-0.05, 0) is 6.42 Å². The minimum absolute atomic E-state index is 0. The second kappa shape index (κ2) is 5.42. The van der Waals surface area contributed by atoms with Gasteiger partial charge in [0.2, 0.25) is 0 Å². The Balaban J connectivity index is 0.000001000. The van der Waals surface area contributed by atoms with E-state index in [-0.39, 0.29) is 9.90 Å². The molecule has 0 saturated carbocycles. The van der Waals surface area contributed by atoms with Gasteiger partial charge < -0.3 is 9.80 Å². The smallest absolute Gasteiger partial charge is 0.0890 e. The molecule has 0 N–H and O–H groups in total. The Labute approximate surface area is 72.9 Å². The molecule has 1 aliphatic heterocycles. The molecule has 1 heterocycles. The van der Waals surface area contributed by atoms with Crippen molar-refractivity contribution in [2.45, 2.75) is 19.8 Å². The molecule has 0 amide bonds. The summed E-state index contributed by atoms with van der Waals surface area (Å²) < 4.78 is 0. The van der Waals surface area contributed by atoms with E-state index in [4.69, 9.17) is 0 Å². The van der Waals surface area contributed by atoms with Crippen LogP contribution >= 0.6 is 9.90 Å². The summed E-state index contributed by atoms with van der Waals surface area (Å²) >= 11 is 0. The van der Waals surface area contributed by atoms with Crippen molar-refractivity contribution in [1.82, 2.24) is 9.80 Å². The molecular weight excluding hydrogens is 155 g/mol. The fourth-order valence-electron chi connectivity index (χ4n) is 1.10. The van der Waals surface area contributed by atoms with E-state index >= 15 is 0 Å². The lowest BCUT2D eigenvalue weighted by atomic mass is 10.3. The predicted molar refractivity (Wildman–Crippen MR) is 54.5 cm³/mol. The number of rotatable bonds is 3. The van der Waals surface area contributed by atoms with Crippen molar-refractivity contribution < 1.29 is 0 Å². The van der Waals surface area contributed by atoms with Gasteiger partial charge in [0.05, 0.1) is 6.67 Å². The third-order valence-electron chi connectivity index (χ3n) is 1.74. The van der Waals surface area contributed by atoms with Gasteiger partial charge in [-0.1, -0.05) is 13.3 Å². The summed E-state index contributed by atoms with van der Waals surface area (Å²) in [5.74, 6) is 0. The summed E-state index contributed by atoms with van der Waals surface area (Å²) in [6.45, 7) is 4.50. The van der Waals surface area contributed by atoms with E-state index in [2.05, 4.69) is 36.2 Å². The van der Waals surface area contributed by atoms with Gasteiger partial charge in [-0.25, -0.2) is 0 Å². The molecule has 0 aliphatic carbocycles. The van der Waals surface area contributed by atoms with E-state index < -0.39 is 0 Å². The average Bonchev–Trinajstić information content (AvgIpc) is 2.31. The zero-order valence-corrected chi connectivity index (χ0v) is 9.00. The highest BCUT2D eigenvalue weighted by Gasteiger charge is 2.05. The van der Waals surface area contributed by atoms with Gasteiger partial charge in [0.25, 0.3) is 0 Å². The van der Waals surface area contributed by atoms with Crippen molar-refractivity contribution in [1.29, 1.82) is 0 Å². The molecule has 0 bridgehead atoms. The molecule has 0 aromatic rings. The Bertz CT molecular complexity index is 125. The molecular formula is C8H19N2P. The molecule has 0 aromatic heterocycles. The van der Waals surface area contributed by atoms with Gasteiger partial charge in [-0.15, -0.1) is 0 Å². The maximum atomic E-state index is 2.34. The quantitative estimate of drug-likeness (QED) is 0.598. The van der Waals surface area contributed by atoms with Crippen LogP contribution in [0.5, 0.6) is 0 Å². The molecule has 1 atom stereocenters. The first-order valence-electron chi connectivity index (χ1n) is 3.95. The number of hydrogen-bond donors (Lipinski definition) is 0. The van der Waals surface area contributed by atoms with Crippen LogP contribution in [0.2, 0.25) is 0 Å². The fraction of sp³-hybridized carbons (Fsp3) is 0.750. The minimum atomic E-state index is 0. The van der Waals surface area contributed by atoms with Crippen LogP contribution in [-0.4, -0.2) is 30.1 Å². The van der Waals surface area contributed by atoms with Crippen molar-refractivity contribution in [3.05, 3.63) is 12.4 Å². The van der Waals surface area contributed by atoms with Crippen LogP contribution in [0.25, 0.3) is 0 Å². The molecule has 3 heteroatoms. The Kier molecular flexibility index (Phi) is 5.31. The molecule has 1 unspecified atom stereocenters. The summed E-state index contributed by atoms with van der Waals surface area (Å²) in [5.41, 5.74) is 0. The molecule has 11 heavy (non-hydrogen) atoms. The first-order valence-corrected chi connectivity index (χ1v) is 3.95. The molecule has 2 nitrogen and oxygen atoms in total. The second-order valence-electron chi connectivity index (χ2n) is 2.86. The monoisotopic (exact) mass is 174 g/mol. The lowest BCUT2D eigenvalue weighted by molar-refractivity contribution is 0.293. The van der Waals surface area contributed by atoms with Crippen molar-refractivity contribution in [2.75, 3.05) is 20.3 Å². The van der Waals surface area contributed by atoms with Crippen LogP contribution in [0.4, 0.5) is 0 Å². The average molecular weight is 174 g/mol. The Morgan fingerprint density at radius 2 is 2.09 bits per heavy atom. The molecule has 1 rings (SSSR count). The van der Waals surface area contributed by atoms with Gasteiger partial charge in [0.15, 0.2) is 0 Å². The SMILES string of the molecule is CCCCN1C=CN(C)C1.P. The van der Waals surface area contributed by atoms with Gasteiger partial charge in [0, 0.05) is 26.0 Å². The van der Waals surface area contributed by atoms with Crippen LogP contribution in [0, 0.1) is 0 Å². The summed E-state index contributed by atoms with van der Waals surface area (Å²) in [4.78, 5) is 4.53. The van der Waals surface area contributed by atoms with E-state index in [0.29, 0.717) is 0 Å². The lowest BCUT2D eigenvalue weighted by Gasteiger charge is -2.17. The van der Waals surface area contributed by atoms with Crippen LogP contribution in [0.1, 0.15) is 19.8 Å². The molecule has 0 aromatic carbocycles. The van der Waals surface area contributed by atoms with E-state index in [1.807, 2.05) is 0 Å². The molecule has 0 fully saturated rings. The highest BCUT2D eigenvalue weighted by molar-refractivity contribution is 6.92. The van der Waals surface area contributed by atoms with Gasteiger partial charge in [-0.2, -0.15) is 9.90 Å². The first kappa shape index (κ1) is 10.8. The van der Waals surface area contributed by atoms with E-state index in [0.717, 1.165) is 6.67 Å². The van der Waals surface area contributed by atoms with Crippen molar-refractivity contribution in [2.24, 2.45) is 0 Å². The highest BCUT2D eigenvalue weighted by atomic mass is 31.0. The number of nitrogens with zero attached hydrogens (tertiary/aromatic N) is 2. The van der Waals surface area contributed by atoms with Crippen molar-refractivity contribution in [3.63, 3.8) is 0 Å². The third-order valence-corrected chi connectivity index (χ3v) is 1.74. The molecule has 0 radical (unpaired) electrons. The molecule has 0 spiro atoms. The second-order valence-corrected chi connectivity index (χ2v) is 2.86. The summed E-state index contributed by atoms with van der Waals surface area (Å²) in [6, 6.07) is 0.